The third-order valence-corrected chi connectivity index (χ3v) is 8.77. The van der Waals surface area contributed by atoms with Crippen molar-refractivity contribution < 1.29 is 40.3 Å². The molecule has 0 radical (unpaired) electrons. The number of hydrogen-bond acceptors (Lipinski definition) is 2. The molecule has 0 aromatic heterocycles. The molecule has 3 aliphatic rings. The van der Waals surface area contributed by atoms with Crippen LogP contribution >= 0.6 is 0 Å². The van der Waals surface area contributed by atoms with E-state index in [1.807, 2.05) is 0 Å². The Morgan fingerprint density at radius 3 is 2.33 bits per heavy atom. The maximum Gasteiger partial charge on any atom is 0.426 e. The highest BCUT2D eigenvalue weighted by molar-refractivity contribution is 5.95. The van der Waals surface area contributed by atoms with Gasteiger partial charge in [-0.2, -0.15) is 22.0 Å². The topological polar surface area (TPSA) is 40.6 Å². The monoisotopic (exact) mass is 556 g/mol. The predicted octanol–water partition coefficient (Wildman–Crippen LogP) is 5.47. The first-order valence-corrected chi connectivity index (χ1v) is 12.7. The molecule has 2 aromatic carbocycles. The Kier molecular flexibility index (Phi) is 6.31. The zero-order valence-corrected chi connectivity index (χ0v) is 21.3. The molecule has 0 spiro atoms. The van der Waals surface area contributed by atoms with Gasteiger partial charge in [-0.1, -0.05) is 30.3 Å². The van der Waals surface area contributed by atoms with Crippen molar-refractivity contribution in [1.82, 2.24) is 9.80 Å². The number of likely N-dealkylation sites (N-methyl/N-ethyl adjacent to an activating group) is 1. The molecule has 11 heteroatoms. The molecule has 1 unspecified atom stereocenters. The second-order valence-corrected chi connectivity index (χ2v) is 11.0. The second-order valence-electron chi connectivity index (χ2n) is 11.0. The molecule has 4 nitrogen and oxygen atoms in total. The highest BCUT2D eigenvalue weighted by Crippen LogP contribution is 2.51. The summed E-state index contributed by atoms with van der Waals surface area (Å²) in [7, 11) is 1.17. The fourth-order valence-electron chi connectivity index (χ4n) is 6.56. The Hall–Kier alpha value is -3.11. The van der Waals surface area contributed by atoms with E-state index in [0.717, 1.165) is 16.5 Å². The number of carbonyl (C=O) groups is 2. The van der Waals surface area contributed by atoms with E-state index in [1.54, 1.807) is 12.1 Å². The molecule has 2 aromatic rings. The number of halogens is 7. The first-order valence-electron chi connectivity index (χ1n) is 12.7. The van der Waals surface area contributed by atoms with Crippen molar-refractivity contribution in [3.63, 3.8) is 0 Å². The third kappa shape index (κ3) is 4.28. The van der Waals surface area contributed by atoms with Crippen molar-refractivity contribution in [3.05, 3.63) is 70.5 Å². The quantitative estimate of drug-likeness (QED) is 0.469. The van der Waals surface area contributed by atoms with Crippen LogP contribution in [-0.4, -0.2) is 59.4 Å². The first-order chi connectivity index (χ1) is 18.1. The van der Waals surface area contributed by atoms with Gasteiger partial charge in [0.05, 0.1) is 6.42 Å². The first kappa shape index (κ1) is 27.5. The van der Waals surface area contributed by atoms with Gasteiger partial charge >= 0.3 is 12.1 Å². The Morgan fingerprint density at radius 1 is 1.08 bits per heavy atom. The van der Waals surface area contributed by atoms with Gasteiger partial charge in [-0.15, -0.1) is 0 Å². The molecule has 4 atom stereocenters. The molecule has 5 rings (SSSR count). The number of fused-ring (bicyclic) bond motifs is 3. The molecule has 2 saturated heterocycles. The summed E-state index contributed by atoms with van der Waals surface area (Å²) in [5.74, 6) is -6.12. The molecule has 0 bridgehead atoms. The maximum atomic E-state index is 14.8. The van der Waals surface area contributed by atoms with Crippen LogP contribution in [-0.2, 0) is 33.5 Å². The number of rotatable bonds is 4. The van der Waals surface area contributed by atoms with Crippen molar-refractivity contribution in [2.45, 2.75) is 74.3 Å². The number of benzene rings is 2. The highest BCUT2D eigenvalue weighted by atomic mass is 19.4. The number of alkyl halides is 6. The van der Waals surface area contributed by atoms with Gasteiger partial charge in [0.25, 0.3) is 5.91 Å². The summed E-state index contributed by atoms with van der Waals surface area (Å²) < 4.78 is 97.0. The van der Waals surface area contributed by atoms with Crippen molar-refractivity contribution in [2.75, 3.05) is 13.6 Å². The number of hydrogen-bond donors (Lipinski definition) is 0. The number of amides is 2. The summed E-state index contributed by atoms with van der Waals surface area (Å²) in [6, 6.07) is 7.69. The van der Waals surface area contributed by atoms with Gasteiger partial charge in [0, 0.05) is 25.0 Å². The molecule has 2 amide bonds. The van der Waals surface area contributed by atoms with Crippen LogP contribution in [0, 0.1) is 5.82 Å². The van der Waals surface area contributed by atoms with Gasteiger partial charge in [-0.3, -0.25) is 9.59 Å². The minimum absolute atomic E-state index is 0.180. The number of carbonyl (C=O) groups excluding carboxylic acids is 2. The predicted molar refractivity (Wildman–Crippen MR) is 127 cm³/mol. The Balaban J connectivity index is 1.55. The molecule has 0 N–H and O–H groups in total. The zero-order chi connectivity index (χ0) is 28.5. The Morgan fingerprint density at radius 2 is 1.74 bits per heavy atom. The summed E-state index contributed by atoms with van der Waals surface area (Å²) in [6.45, 7) is 0.652. The van der Waals surface area contributed by atoms with E-state index in [9.17, 15) is 40.3 Å². The van der Waals surface area contributed by atoms with Gasteiger partial charge in [-0.05, 0) is 67.0 Å². The average Bonchev–Trinajstić information content (AvgIpc) is 3.34. The van der Waals surface area contributed by atoms with E-state index in [1.165, 1.54) is 36.2 Å². The number of aryl methyl sites for hydroxylation is 1. The van der Waals surface area contributed by atoms with E-state index < -0.39 is 64.9 Å². The van der Waals surface area contributed by atoms with Crippen LogP contribution in [0.15, 0.2) is 42.5 Å². The fraction of sp³-hybridized carbons (Fsp3) is 0.500. The molecule has 1 aliphatic carbocycles. The van der Waals surface area contributed by atoms with E-state index in [-0.39, 0.29) is 13.0 Å². The lowest BCUT2D eigenvalue weighted by Gasteiger charge is -2.44. The smallest absolute Gasteiger partial charge is 0.337 e. The molecule has 2 heterocycles. The van der Waals surface area contributed by atoms with Crippen LogP contribution in [0.5, 0.6) is 0 Å². The van der Waals surface area contributed by atoms with Crippen LogP contribution < -0.4 is 0 Å². The molecule has 0 saturated carbocycles. The third-order valence-electron chi connectivity index (χ3n) is 8.77. The van der Waals surface area contributed by atoms with Crippen LogP contribution in [0.1, 0.15) is 48.4 Å². The van der Waals surface area contributed by atoms with Gasteiger partial charge in [0.1, 0.15) is 11.9 Å². The van der Waals surface area contributed by atoms with E-state index in [2.05, 4.69) is 0 Å². The summed E-state index contributed by atoms with van der Waals surface area (Å²) in [5.41, 5.74) is -3.02. The molecular formula is C28H27F7N2O2. The largest absolute Gasteiger partial charge is 0.426 e. The average molecular weight is 557 g/mol. The lowest BCUT2D eigenvalue weighted by molar-refractivity contribution is -0.228. The molecule has 210 valence electrons. The van der Waals surface area contributed by atoms with Gasteiger partial charge < -0.3 is 9.80 Å². The Bertz CT molecular complexity index is 1310. The molecule has 39 heavy (non-hydrogen) atoms. The summed E-state index contributed by atoms with van der Waals surface area (Å²) in [5, 5.41) is 0. The Labute approximate surface area is 220 Å². The van der Waals surface area contributed by atoms with Gasteiger partial charge in [-0.25, -0.2) is 8.78 Å². The minimum Gasteiger partial charge on any atom is -0.337 e. The van der Waals surface area contributed by atoms with Crippen molar-refractivity contribution in [3.8, 4) is 0 Å². The zero-order valence-electron chi connectivity index (χ0n) is 21.3. The van der Waals surface area contributed by atoms with E-state index in [4.69, 9.17) is 0 Å². The van der Waals surface area contributed by atoms with E-state index >= 15 is 0 Å². The summed E-state index contributed by atoms with van der Waals surface area (Å²) in [4.78, 5) is 27.8. The minimum atomic E-state index is -5.12. The van der Waals surface area contributed by atoms with E-state index in [0.29, 0.717) is 37.3 Å². The van der Waals surface area contributed by atoms with Crippen molar-refractivity contribution >= 4 is 11.8 Å². The van der Waals surface area contributed by atoms with Crippen molar-refractivity contribution in [2.24, 2.45) is 0 Å². The van der Waals surface area contributed by atoms with Crippen molar-refractivity contribution in [1.29, 1.82) is 0 Å². The fourth-order valence-corrected chi connectivity index (χ4v) is 6.56. The lowest BCUT2D eigenvalue weighted by Crippen LogP contribution is -2.53. The standard InChI is InChI=1S/C28H27F7N2O2/c1-25(30,28(33,34)35)18-6-9-20-17(13-18)5-10-22-26(20,14-16-3-7-19(29)8-4-16)11-12-37(22)23(38)21-15-27(31,32)24(39)36(21)2/h3-4,6-9,13,21-22H,5,10-12,14-15H2,1-2H3/t21-,22+,25?,26+/m0/s1. The lowest BCUT2D eigenvalue weighted by atomic mass is 9.63. The highest BCUT2D eigenvalue weighted by Gasteiger charge is 2.59. The molecular weight excluding hydrogens is 529 g/mol. The van der Waals surface area contributed by atoms with Crippen LogP contribution in [0.4, 0.5) is 30.7 Å². The molecule has 2 fully saturated rings. The number of nitrogens with zero attached hydrogens (tertiary/aromatic N) is 2. The summed E-state index contributed by atoms with van der Waals surface area (Å²) >= 11 is 0. The number of likely N-dealkylation sites (tertiary alicyclic amines) is 2. The maximum absolute atomic E-state index is 14.8. The van der Waals surface area contributed by atoms with Crippen LogP contribution in [0.2, 0.25) is 0 Å². The SMILES string of the molecule is CN1C(=O)C(F)(F)C[C@H]1C(=O)N1CC[C@@]2(Cc3ccc(F)cc3)c3ccc(C(C)(F)C(F)(F)F)cc3CC[C@@H]12. The van der Waals surface area contributed by atoms with Crippen LogP contribution in [0.3, 0.4) is 0 Å². The van der Waals surface area contributed by atoms with Gasteiger partial charge in [0.2, 0.25) is 11.6 Å². The van der Waals surface area contributed by atoms with Gasteiger partial charge in [0.15, 0.2) is 0 Å². The molecule has 2 aliphatic heterocycles. The van der Waals surface area contributed by atoms with Crippen LogP contribution in [0.25, 0.3) is 0 Å². The summed E-state index contributed by atoms with van der Waals surface area (Å²) in [6.07, 6.45) is -4.84. The second kappa shape index (κ2) is 8.96. The normalized spacial score (nSPS) is 27.8.